The maximum absolute atomic E-state index is 11.7. The average Bonchev–Trinajstić information content (AvgIpc) is 3.56. The Morgan fingerprint density at radius 1 is 1.15 bits per heavy atom. The van der Waals surface area contributed by atoms with Crippen LogP contribution in [0.1, 0.15) is 50.5 Å². The fourth-order valence-corrected chi connectivity index (χ4v) is 5.92. The molecular weight excluding hydrogens is 520 g/mol. The van der Waals surface area contributed by atoms with Crippen LogP contribution in [-0.4, -0.2) is 48.0 Å². The lowest BCUT2D eigenvalue weighted by Gasteiger charge is -2.29. The quantitative estimate of drug-likeness (QED) is 0.339. The zero-order valence-corrected chi connectivity index (χ0v) is 22.1. The number of ether oxygens (including phenoxy) is 1. The number of terminal acetylenes is 1. The van der Waals surface area contributed by atoms with Crippen molar-refractivity contribution in [1.29, 1.82) is 0 Å². The molecule has 0 bridgehead atoms. The van der Waals surface area contributed by atoms with Gasteiger partial charge in [0.1, 0.15) is 23.1 Å². The van der Waals surface area contributed by atoms with Gasteiger partial charge in [-0.15, -0.1) is 17.4 Å². The minimum absolute atomic E-state index is 0.0119. The predicted octanol–water partition coefficient (Wildman–Crippen LogP) is 4.39. The van der Waals surface area contributed by atoms with Crippen molar-refractivity contribution in [3.63, 3.8) is 0 Å². The van der Waals surface area contributed by atoms with Crippen LogP contribution in [-0.2, 0) is 11.3 Å². The fourth-order valence-electron chi connectivity index (χ4n) is 5.73. The highest BCUT2D eigenvalue weighted by Gasteiger charge is 2.32. The highest BCUT2D eigenvalue weighted by Crippen LogP contribution is 2.38. The van der Waals surface area contributed by atoms with Gasteiger partial charge in [0.2, 0.25) is 5.82 Å². The van der Waals surface area contributed by atoms with Crippen molar-refractivity contribution < 1.29 is 14.3 Å². The number of nitrogens with one attached hydrogen (secondary N) is 1. The molecule has 202 valence electrons. The highest BCUT2D eigenvalue weighted by atomic mass is 35.5. The van der Waals surface area contributed by atoms with E-state index in [1.165, 1.54) is 0 Å². The first-order valence-corrected chi connectivity index (χ1v) is 13.7. The van der Waals surface area contributed by atoms with E-state index in [0.717, 1.165) is 44.1 Å². The third-order valence-electron chi connectivity index (χ3n) is 7.86. The second kappa shape index (κ2) is 10.9. The molecule has 0 amide bonds. The third kappa shape index (κ3) is 5.22. The molecule has 39 heavy (non-hydrogen) atoms. The molecule has 6 rings (SSSR count). The maximum Gasteiger partial charge on any atom is 0.434 e. The van der Waals surface area contributed by atoms with Gasteiger partial charge < -0.3 is 18.8 Å². The van der Waals surface area contributed by atoms with E-state index in [1.54, 1.807) is 6.07 Å². The van der Waals surface area contributed by atoms with Crippen molar-refractivity contribution in [3.05, 3.63) is 45.7 Å². The molecule has 3 aromatic heterocycles. The van der Waals surface area contributed by atoms with E-state index >= 15 is 0 Å². The monoisotopic (exact) mass is 548 g/mol. The van der Waals surface area contributed by atoms with Crippen molar-refractivity contribution >= 4 is 22.8 Å². The summed E-state index contributed by atoms with van der Waals surface area (Å²) in [6.07, 6.45) is 10.3. The van der Waals surface area contributed by atoms with Gasteiger partial charge in [-0.2, -0.15) is 0 Å². The molecule has 2 fully saturated rings. The van der Waals surface area contributed by atoms with E-state index in [1.807, 2.05) is 18.2 Å². The van der Waals surface area contributed by atoms with E-state index in [4.69, 9.17) is 37.1 Å². The van der Waals surface area contributed by atoms with Crippen LogP contribution in [0.5, 0.6) is 0 Å². The molecular formula is C28H29ClN6O4. The summed E-state index contributed by atoms with van der Waals surface area (Å²) in [6, 6.07) is 7.36. The standard InChI is InChI=1S/C28H29ClN6O4/c1-2-16-6-8-17(9-7-16)15-35-22-21(19-4-3-5-20(29)14-19)30-25(27-33-34-28(37)39-27)31-24(22)32-26(35)23(36)18-10-12-38-13-11-18/h1,3-5,14,16-18,23,36H,6-13,15H2,(H,34,37)/t16-,17-,23?. The number of rotatable bonds is 6. The Balaban J connectivity index is 1.53. The van der Waals surface area contributed by atoms with Crippen LogP contribution in [0.3, 0.4) is 0 Å². The lowest BCUT2D eigenvalue weighted by atomic mass is 9.82. The van der Waals surface area contributed by atoms with Crippen LogP contribution in [0.2, 0.25) is 5.02 Å². The van der Waals surface area contributed by atoms with Gasteiger partial charge >= 0.3 is 5.76 Å². The molecule has 11 heteroatoms. The summed E-state index contributed by atoms with van der Waals surface area (Å²) in [5, 5.41) is 18.4. The number of hydrogen-bond donors (Lipinski definition) is 2. The number of fused-ring (bicyclic) bond motifs is 1. The lowest BCUT2D eigenvalue weighted by Crippen LogP contribution is -2.26. The number of aromatic nitrogens is 6. The van der Waals surface area contributed by atoms with Crippen molar-refractivity contribution in [2.75, 3.05) is 13.2 Å². The Bertz CT molecular complexity index is 1570. The van der Waals surface area contributed by atoms with Gasteiger partial charge in [-0.1, -0.05) is 23.7 Å². The molecule has 1 aliphatic carbocycles. The second-order valence-corrected chi connectivity index (χ2v) is 10.8. The lowest BCUT2D eigenvalue weighted by molar-refractivity contribution is 0.00230. The molecule has 2 N–H and O–H groups in total. The first-order valence-electron chi connectivity index (χ1n) is 13.3. The van der Waals surface area contributed by atoms with Crippen LogP contribution < -0.4 is 5.76 Å². The number of aliphatic hydroxyl groups excluding tert-OH is 1. The van der Waals surface area contributed by atoms with E-state index in [2.05, 4.69) is 25.7 Å². The number of aliphatic hydroxyl groups is 1. The second-order valence-electron chi connectivity index (χ2n) is 10.4. The van der Waals surface area contributed by atoms with Crippen LogP contribution in [0.15, 0.2) is 33.5 Å². The smallest absolute Gasteiger partial charge is 0.385 e. The predicted molar refractivity (Wildman–Crippen MR) is 145 cm³/mol. The van der Waals surface area contributed by atoms with Crippen LogP contribution >= 0.6 is 11.6 Å². The van der Waals surface area contributed by atoms with Crippen molar-refractivity contribution in [2.45, 2.75) is 51.2 Å². The minimum Gasteiger partial charge on any atom is -0.385 e. The fraction of sp³-hybridized carbons (Fsp3) is 0.464. The van der Waals surface area contributed by atoms with Crippen LogP contribution in [0.25, 0.3) is 34.1 Å². The molecule has 1 saturated carbocycles. The van der Waals surface area contributed by atoms with Crippen LogP contribution in [0.4, 0.5) is 0 Å². The number of halogens is 1. The molecule has 1 saturated heterocycles. The zero-order valence-electron chi connectivity index (χ0n) is 21.3. The summed E-state index contributed by atoms with van der Waals surface area (Å²) in [5.74, 6) is 3.50. The molecule has 0 radical (unpaired) electrons. The molecule has 2 aliphatic rings. The topological polar surface area (TPSA) is 132 Å². The molecule has 4 aromatic rings. The first-order chi connectivity index (χ1) is 19.0. The summed E-state index contributed by atoms with van der Waals surface area (Å²) >= 11 is 6.38. The first kappa shape index (κ1) is 25.7. The number of aromatic amines is 1. The third-order valence-corrected chi connectivity index (χ3v) is 8.10. The van der Waals surface area contributed by atoms with Gasteiger partial charge in [0.25, 0.3) is 5.89 Å². The van der Waals surface area contributed by atoms with Crippen molar-refractivity contribution in [3.8, 4) is 35.3 Å². The van der Waals surface area contributed by atoms with Gasteiger partial charge in [-0.05, 0) is 62.5 Å². The van der Waals surface area contributed by atoms with E-state index < -0.39 is 11.9 Å². The Hall–Kier alpha value is -3.52. The van der Waals surface area contributed by atoms with E-state index in [9.17, 15) is 9.90 Å². The summed E-state index contributed by atoms with van der Waals surface area (Å²) in [7, 11) is 0. The summed E-state index contributed by atoms with van der Waals surface area (Å²) in [6.45, 7) is 1.86. The summed E-state index contributed by atoms with van der Waals surface area (Å²) in [4.78, 5) is 26.0. The van der Waals surface area contributed by atoms with Gasteiger partial charge in [0.05, 0.1) is 0 Å². The average molecular weight is 549 g/mol. The number of H-pyrrole nitrogens is 1. The highest BCUT2D eigenvalue weighted by molar-refractivity contribution is 6.30. The number of nitrogens with zero attached hydrogens (tertiary/aromatic N) is 5. The Kier molecular flexibility index (Phi) is 7.21. The Labute approximate surface area is 229 Å². The van der Waals surface area contributed by atoms with Crippen molar-refractivity contribution in [2.24, 2.45) is 17.8 Å². The Morgan fingerprint density at radius 3 is 2.64 bits per heavy atom. The Morgan fingerprint density at radius 2 is 1.95 bits per heavy atom. The number of imidazole rings is 1. The van der Waals surface area contributed by atoms with E-state index in [0.29, 0.717) is 59.3 Å². The molecule has 4 heterocycles. The summed E-state index contributed by atoms with van der Waals surface area (Å²) in [5.41, 5.74) is 2.40. The number of hydrogen-bond acceptors (Lipinski definition) is 8. The molecule has 0 spiro atoms. The largest absolute Gasteiger partial charge is 0.434 e. The normalized spacial score (nSPS) is 21.2. The van der Waals surface area contributed by atoms with Gasteiger partial charge in [0.15, 0.2) is 5.65 Å². The number of benzene rings is 1. The molecule has 1 atom stereocenters. The van der Waals surface area contributed by atoms with Gasteiger partial charge in [-0.25, -0.2) is 24.8 Å². The zero-order chi connectivity index (χ0) is 26.9. The molecule has 1 aliphatic heterocycles. The van der Waals surface area contributed by atoms with Gasteiger partial charge in [0, 0.05) is 36.3 Å². The molecule has 1 unspecified atom stereocenters. The molecule has 10 nitrogen and oxygen atoms in total. The van der Waals surface area contributed by atoms with Crippen molar-refractivity contribution in [1.82, 2.24) is 29.7 Å². The van der Waals surface area contributed by atoms with Crippen LogP contribution in [0, 0.1) is 30.1 Å². The SMILES string of the molecule is C#C[C@H]1CC[C@H](Cn2c(C(O)C3CCOCC3)nc3nc(-c4n[nH]c(=O)o4)nc(-c4cccc(Cl)c4)c32)CC1. The minimum atomic E-state index is -0.802. The maximum atomic E-state index is 11.7. The van der Waals surface area contributed by atoms with E-state index in [-0.39, 0.29) is 17.6 Å². The molecule has 1 aromatic carbocycles. The summed E-state index contributed by atoms with van der Waals surface area (Å²) < 4.78 is 12.8. The van der Waals surface area contributed by atoms with Gasteiger partial charge in [-0.3, -0.25) is 0 Å².